The maximum absolute atomic E-state index is 11.4. The SMILES string of the molecule is CCOc1cc(CNC2CCC(CS(C)(=O)=O)CC2)ccc1OC. The van der Waals surface area contributed by atoms with Crippen LogP contribution in [0.1, 0.15) is 38.2 Å². The Hall–Kier alpha value is -1.27. The Bertz CT molecular complexity index is 622. The Labute approximate surface area is 145 Å². The van der Waals surface area contributed by atoms with Crippen LogP contribution in [0, 0.1) is 5.92 Å². The molecule has 1 aromatic rings. The van der Waals surface area contributed by atoms with E-state index in [1.165, 1.54) is 6.26 Å². The number of sulfone groups is 1. The first-order valence-electron chi connectivity index (χ1n) is 8.62. The Morgan fingerprint density at radius 2 is 1.88 bits per heavy atom. The smallest absolute Gasteiger partial charge is 0.161 e. The highest BCUT2D eigenvalue weighted by Gasteiger charge is 2.23. The van der Waals surface area contributed by atoms with E-state index in [1.54, 1.807) is 7.11 Å². The van der Waals surface area contributed by atoms with Crippen molar-refractivity contribution in [2.45, 2.75) is 45.2 Å². The normalized spacial score (nSPS) is 21.5. The van der Waals surface area contributed by atoms with Gasteiger partial charge in [0, 0.05) is 18.8 Å². The molecule has 0 aliphatic heterocycles. The van der Waals surface area contributed by atoms with Crippen LogP contribution in [-0.2, 0) is 16.4 Å². The van der Waals surface area contributed by atoms with Crippen LogP contribution in [0.3, 0.4) is 0 Å². The largest absolute Gasteiger partial charge is 0.493 e. The Morgan fingerprint density at radius 1 is 1.17 bits per heavy atom. The third-order valence-electron chi connectivity index (χ3n) is 4.51. The average Bonchev–Trinajstić information content (AvgIpc) is 2.53. The molecule has 24 heavy (non-hydrogen) atoms. The summed E-state index contributed by atoms with van der Waals surface area (Å²) in [5, 5.41) is 3.58. The minimum atomic E-state index is -2.86. The zero-order chi connectivity index (χ0) is 17.6. The van der Waals surface area contributed by atoms with Gasteiger partial charge in [-0.05, 0) is 56.2 Å². The molecule has 0 aromatic heterocycles. The van der Waals surface area contributed by atoms with Gasteiger partial charge in [0.1, 0.15) is 9.84 Å². The molecular weight excluding hydrogens is 326 g/mol. The molecule has 1 N–H and O–H groups in total. The summed E-state index contributed by atoms with van der Waals surface area (Å²) < 4.78 is 33.7. The van der Waals surface area contributed by atoms with Crippen LogP contribution in [0.15, 0.2) is 18.2 Å². The van der Waals surface area contributed by atoms with Crippen molar-refractivity contribution in [3.63, 3.8) is 0 Å². The summed E-state index contributed by atoms with van der Waals surface area (Å²) in [5.74, 6) is 2.18. The van der Waals surface area contributed by atoms with Crippen LogP contribution in [0.5, 0.6) is 11.5 Å². The van der Waals surface area contributed by atoms with E-state index >= 15 is 0 Å². The van der Waals surface area contributed by atoms with Gasteiger partial charge in [0.15, 0.2) is 11.5 Å². The molecule has 1 fully saturated rings. The molecule has 6 heteroatoms. The van der Waals surface area contributed by atoms with Crippen molar-refractivity contribution in [1.82, 2.24) is 5.32 Å². The maximum Gasteiger partial charge on any atom is 0.161 e. The fourth-order valence-electron chi connectivity index (χ4n) is 3.32. The van der Waals surface area contributed by atoms with E-state index in [1.807, 2.05) is 25.1 Å². The summed E-state index contributed by atoms with van der Waals surface area (Å²) in [5.41, 5.74) is 1.16. The predicted octanol–water partition coefficient (Wildman–Crippen LogP) is 2.79. The van der Waals surface area contributed by atoms with Crippen molar-refractivity contribution in [2.75, 3.05) is 25.7 Å². The molecule has 0 heterocycles. The highest BCUT2D eigenvalue weighted by atomic mass is 32.2. The molecule has 1 aromatic carbocycles. The molecule has 136 valence electrons. The van der Waals surface area contributed by atoms with Crippen molar-refractivity contribution in [1.29, 1.82) is 0 Å². The minimum absolute atomic E-state index is 0.323. The molecule has 1 aliphatic carbocycles. The molecule has 1 saturated carbocycles. The van der Waals surface area contributed by atoms with E-state index in [9.17, 15) is 8.42 Å². The summed E-state index contributed by atoms with van der Waals surface area (Å²) in [4.78, 5) is 0. The highest BCUT2D eigenvalue weighted by molar-refractivity contribution is 7.90. The molecule has 1 aliphatic rings. The van der Waals surface area contributed by atoms with Crippen LogP contribution < -0.4 is 14.8 Å². The number of rotatable bonds is 8. The monoisotopic (exact) mass is 355 g/mol. The summed E-state index contributed by atoms with van der Waals surface area (Å²) in [6.07, 6.45) is 5.37. The number of hydrogen-bond donors (Lipinski definition) is 1. The first-order chi connectivity index (χ1) is 11.4. The molecule has 5 nitrogen and oxygen atoms in total. The van der Waals surface area contributed by atoms with Gasteiger partial charge in [0.05, 0.1) is 19.5 Å². The van der Waals surface area contributed by atoms with Gasteiger partial charge in [-0.1, -0.05) is 6.07 Å². The second kappa shape index (κ2) is 8.72. The van der Waals surface area contributed by atoms with E-state index < -0.39 is 9.84 Å². The maximum atomic E-state index is 11.4. The molecule has 0 amide bonds. The number of nitrogens with one attached hydrogen (secondary N) is 1. The Balaban J connectivity index is 1.83. The highest BCUT2D eigenvalue weighted by Crippen LogP contribution is 2.29. The molecule has 2 rings (SSSR count). The molecule has 0 bridgehead atoms. The standard InChI is InChI=1S/C18H29NO4S/c1-4-23-18-11-15(7-10-17(18)22-2)12-19-16-8-5-14(6-9-16)13-24(3,20)21/h7,10-11,14,16,19H,4-6,8-9,12-13H2,1-3H3. The summed E-state index contributed by atoms with van der Waals surface area (Å²) >= 11 is 0. The van der Waals surface area contributed by atoms with E-state index in [4.69, 9.17) is 9.47 Å². The van der Waals surface area contributed by atoms with Gasteiger partial charge in [-0.15, -0.1) is 0 Å². The van der Waals surface area contributed by atoms with Gasteiger partial charge in [0.2, 0.25) is 0 Å². The number of ether oxygens (including phenoxy) is 2. The fraction of sp³-hybridized carbons (Fsp3) is 0.667. The predicted molar refractivity (Wildman–Crippen MR) is 96.5 cm³/mol. The Morgan fingerprint density at radius 3 is 2.46 bits per heavy atom. The lowest BCUT2D eigenvalue weighted by atomic mass is 9.87. The first-order valence-corrected chi connectivity index (χ1v) is 10.7. The third-order valence-corrected chi connectivity index (χ3v) is 5.58. The number of benzene rings is 1. The van der Waals surface area contributed by atoms with Crippen LogP contribution >= 0.6 is 0 Å². The second-order valence-corrected chi connectivity index (χ2v) is 8.79. The van der Waals surface area contributed by atoms with Gasteiger partial charge >= 0.3 is 0 Å². The lowest BCUT2D eigenvalue weighted by Crippen LogP contribution is -2.34. The van der Waals surface area contributed by atoms with Crippen molar-refractivity contribution in [3.8, 4) is 11.5 Å². The minimum Gasteiger partial charge on any atom is -0.493 e. The molecule has 0 radical (unpaired) electrons. The topological polar surface area (TPSA) is 64.6 Å². The molecule has 0 unspecified atom stereocenters. The summed E-state index contributed by atoms with van der Waals surface area (Å²) in [6, 6.07) is 6.46. The van der Waals surface area contributed by atoms with E-state index in [-0.39, 0.29) is 0 Å². The molecular formula is C18H29NO4S. The van der Waals surface area contributed by atoms with Gasteiger partial charge in [-0.2, -0.15) is 0 Å². The van der Waals surface area contributed by atoms with Gasteiger partial charge in [-0.3, -0.25) is 0 Å². The molecule has 0 spiro atoms. The van der Waals surface area contributed by atoms with Crippen molar-refractivity contribution in [2.24, 2.45) is 5.92 Å². The lowest BCUT2D eigenvalue weighted by Gasteiger charge is -2.29. The third kappa shape index (κ3) is 5.98. The lowest BCUT2D eigenvalue weighted by molar-refractivity contribution is 0.304. The zero-order valence-electron chi connectivity index (χ0n) is 14.9. The van der Waals surface area contributed by atoms with Gasteiger partial charge in [0.25, 0.3) is 0 Å². The number of hydrogen-bond acceptors (Lipinski definition) is 5. The van der Waals surface area contributed by atoms with Crippen molar-refractivity contribution < 1.29 is 17.9 Å². The average molecular weight is 356 g/mol. The molecule has 0 atom stereocenters. The van der Waals surface area contributed by atoms with Gasteiger partial charge < -0.3 is 14.8 Å². The quantitative estimate of drug-likeness (QED) is 0.777. The van der Waals surface area contributed by atoms with Crippen LogP contribution in [0.2, 0.25) is 0 Å². The summed E-state index contributed by atoms with van der Waals surface area (Å²) in [6.45, 7) is 3.35. The summed E-state index contributed by atoms with van der Waals surface area (Å²) in [7, 11) is -1.22. The van der Waals surface area contributed by atoms with Crippen molar-refractivity contribution in [3.05, 3.63) is 23.8 Å². The van der Waals surface area contributed by atoms with E-state index in [2.05, 4.69) is 5.32 Å². The second-order valence-electron chi connectivity index (χ2n) is 6.61. The van der Waals surface area contributed by atoms with Crippen molar-refractivity contribution >= 4 is 9.84 Å². The van der Waals surface area contributed by atoms with Gasteiger partial charge in [-0.25, -0.2) is 8.42 Å². The molecule has 0 saturated heterocycles. The zero-order valence-corrected chi connectivity index (χ0v) is 15.7. The number of methoxy groups -OCH3 is 1. The van der Waals surface area contributed by atoms with E-state index in [0.29, 0.717) is 24.3 Å². The van der Waals surface area contributed by atoms with Crippen LogP contribution in [0.4, 0.5) is 0 Å². The fourth-order valence-corrected chi connectivity index (χ4v) is 4.51. The van der Waals surface area contributed by atoms with Crippen LogP contribution in [-0.4, -0.2) is 40.2 Å². The Kier molecular flexibility index (Phi) is 6.92. The first kappa shape index (κ1) is 19.1. The van der Waals surface area contributed by atoms with Crippen LogP contribution in [0.25, 0.3) is 0 Å². The van der Waals surface area contributed by atoms with E-state index in [0.717, 1.165) is 49.3 Å².